The minimum absolute atomic E-state index is 0. The van der Waals surface area contributed by atoms with E-state index in [-0.39, 0.29) is 7.43 Å². The van der Waals surface area contributed by atoms with Crippen molar-refractivity contribution in [2.24, 2.45) is 5.16 Å². The van der Waals surface area contributed by atoms with Crippen molar-refractivity contribution < 1.29 is 27.5 Å². The van der Waals surface area contributed by atoms with E-state index in [0.29, 0.717) is 49.7 Å². The second-order valence-corrected chi connectivity index (χ2v) is 10.2. The summed E-state index contributed by atoms with van der Waals surface area (Å²) in [6.45, 7) is 3.42. The number of amidine groups is 1. The summed E-state index contributed by atoms with van der Waals surface area (Å²) in [4.78, 5) is 12.5. The first-order valence-electron chi connectivity index (χ1n) is 13.0. The van der Waals surface area contributed by atoms with Gasteiger partial charge in [-0.15, -0.1) is 0 Å². The topological polar surface area (TPSA) is 61.1 Å². The number of oxime groups is 1. The Morgan fingerprint density at radius 3 is 2.52 bits per heavy atom. The third-order valence-electron chi connectivity index (χ3n) is 7.72. The summed E-state index contributed by atoms with van der Waals surface area (Å²) in [7, 11) is 1.62. The maximum absolute atomic E-state index is 14.4. The molecular formula is C30H33F3N4O3. The number of benzene rings is 2. The van der Waals surface area contributed by atoms with Gasteiger partial charge in [0.05, 0.1) is 44.1 Å². The fourth-order valence-corrected chi connectivity index (χ4v) is 5.86. The first-order valence-corrected chi connectivity index (χ1v) is 13.0. The number of halogens is 3. The zero-order valence-electron chi connectivity index (χ0n) is 21.8. The number of fused-ring (bicyclic) bond motifs is 1. The zero-order chi connectivity index (χ0) is 27.1. The van der Waals surface area contributed by atoms with Gasteiger partial charge in [-0.1, -0.05) is 18.6 Å². The zero-order valence-corrected chi connectivity index (χ0v) is 21.8. The van der Waals surface area contributed by atoms with Crippen LogP contribution in [-0.2, 0) is 9.57 Å². The van der Waals surface area contributed by atoms with Gasteiger partial charge in [0.25, 0.3) is 0 Å². The Hall–Kier alpha value is -3.79. The summed E-state index contributed by atoms with van der Waals surface area (Å²) in [5.74, 6) is -2.61. The summed E-state index contributed by atoms with van der Waals surface area (Å²) in [6.07, 6.45) is 8.25. The molecule has 40 heavy (non-hydrogen) atoms. The van der Waals surface area contributed by atoms with Gasteiger partial charge in [-0.25, -0.2) is 18.2 Å². The van der Waals surface area contributed by atoms with E-state index in [1.165, 1.54) is 0 Å². The van der Waals surface area contributed by atoms with Crippen molar-refractivity contribution in [3.63, 3.8) is 0 Å². The van der Waals surface area contributed by atoms with E-state index in [1.807, 2.05) is 42.0 Å². The number of piperidine rings is 1. The van der Waals surface area contributed by atoms with Crippen molar-refractivity contribution in [3.05, 3.63) is 82.7 Å². The Kier molecular flexibility index (Phi) is 7.63. The lowest BCUT2D eigenvalue weighted by Gasteiger charge is -2.51. The van der Waals surface area contributed by atoms with Crippen LogP contribution in [0.15, 0.2) is 53.6 Å². The molecule has 0 N–H and O–H groups in total. The van der Waals surface area contributed by atoms with Crippen LogP contribution in [0.3, 0.4) is 0 Å². The standard InChI is InChI=1S/C29H29F3N4O3.CH4/c1-18-16-35(17-33-18)24-6-5-19(13-25(24)37-2)12-20-4-3-9-36-27(21-14-22(30)26(32)23(31)15-21)29(39-34-28(20)36)7-10-38-11-8-29;/h5-6,12-17,27H,3-4,7-11H2,1-2H3;1H4/b20-12+;/t27-;/m0./s1. The summed E-state index contributed by atoms with van der Waals surface area (Å²) in [5, 5.41) is 4.57. The summed E-state index contributed by atoms with van der Waals surface area (Å²) in [5.41, 5.74) is 3.10. The van der Waals surface area contributed by atoms with Gasteiger partial charge in [-0.2, -0.15) is 0 Å². The van der Waals surface area contributed by atoms with E-state index in [4.69, 9.17) is 14.3 Å². The lowest BCUT2D eigenvalue weighted by molar-refractivity contribution is -0.159. The molecule has 3 aliphatic rings. The first kappa shape index (κ1) is 27.8. The number of aromatic nitrogens is 2. The molecule has 1 spiro atoms. The molecule has 4 heterocycles. The highest BCUT2D eigenvalue weighted by Gasteiger charge is 2.51. The molecule has 3 aromatic rings. The molecule has 0 saturated carbocycles. The van der Waals surface area contributed by atoms with Crippen LogP contribution >= 0.6 is 0 Å². The van der Waals surface area contributed by atoms with Crippen LogP contribution in [0.1, 0.15) is 56.0 Å². The maximum Gasteiger partial charge on any atom is 0.194 e. The van der Waals surface area contributed by atoms with Gasteiger partial charge >= 0.3 is 0 Å². The van der Waals surface area contributed by atoms with Crippen molar-refractivity contribution in [2.45, 2.75) is 51.7 Å². The Morgan fingerprint density at radius 2 is 1.85 bits per heavy atom. The van der Waals surface area contributed by atoms with Gasteiger partial charge in [-0.05, 0) is 66.8 Å². The predicted octanol–water partition coefficient (Wildman–Crippen LogP) is 6.36. The quantitative estimate of drug-likeness (QED) is 0.352. The SMILES string of the molecule is C.COc1cc(/C=C2\CCCN3C2=NOC2(CCOCC2)[C@@H]3c2cc(F)c(F)c(F)c2)ccc1-n1cnc(C)c1. The molecule has 3 aliphatic heterocycles. The molecule has 212 valence electrons. The second kappa shape index (κ2) is 11.0. The Bertz CT molecular complexity index is 1440. The molecule has 0 radical (unpaired) electrons. The van der Waals surface area contributed by atoms with E-state index in [2.05, 4.69) is 15.0 Å². The van der Waals surface area contributed by atoms with Crippen LogP contribution < -0.4 is 4.74 Å². The summed E-state index contributed by atoms with van der Waals surface area (Å²) in [6, 6.07) is 7.51. The molecular weight excluding hydrogens is 521 g/mol. The molecule has 7 nitrogen and oxygen atoms in total. The van der Waals surface area contributed by atoms with Gasteiger partial charge in [0.1, 0.15) is 5.75 Å². The number of methoxy groups -OCH3 is 1. The van der Waals surface area contributed by atoms with Gasteiger partial charge in [0.15, 0.2) is 28.9 Å². The number of aryl methyl sites for hydroxylation is 1. The van der Waals surface area contributed by atoms with Crippen LogP contribution in [0.5, 0.6) is 5.75 Å². The van der Waals surface area contributed by atoms with Gasteiger partial charge in [0.2, 0.25) is 0 Å². The molecule has 6 rings (SSSR count). The smallest absolute Gasteiger partial charge is 0.194 e. The van der Waals surface area contributed by atoms with Crippen molar-refractivity contribution >= 4 is 11.9 Å². The average Bonchev–Trinajstić information content (AvgIpc) is 3.37. The Labute approximate surface area is 231 Å². The lowest BCUT2D eigenvalue weighted by atomic mass is 9.79. The third kappa shape index (κ3) is 4.85. The normalized spacial score (nSPS) is 20.9. The Morgan fingerprint density at radius 1 is 1.10 bits per heavy atom. The van der Waals surface area contributed by atoms with Crippen LogP contribution in [0.4, 0.5) is 13.2 Å². The van der Waals surface area contributed by atoms with Crippen molar-refractivity contribution in [2.75, 3.05) is 26.9 Å². The molecule has 2 fully saturated rings. The summed E-state index contributed by atoms with van der Waals surface area (Å²) < 4.78 is 55.8. The fraction of sp³-hybridized carbons (Fsp3) is 0.400. The van der Waals surface area contributed by atoms with Gasteiger partial charge in [0, 0.05) is 25.6 Å². The molecule has 0 aliphatic carbocycles. The van der Waals surface area contributed by atoms with Gasteiger partial charge < -0.3 is 23.8 Å². The van der Waals surface area contributed by atoms with Crippen LogP contribution in [0.2, 0.25) is 0 Å². The molecule has 2 saturated heterocycles. The number of hydrogen-bond donors (Lipinski definition) is 0. The molecule has 10 heteroatoms. The number of ether oxygens (including phenoxy) is 2. The van der Waals surface area contributed by atoms with E-state index in [9.17, 15) is 13.2 Å². The van der Waals surface area contributed by atoms with E-state index >= 15 is 0 Å². The van der Waals surface area contributed by atoms with E-state index in [0.717, 1.165) is 47.5 Å². The predicted molar refractivity (Wildman–Crippen MR) is 146 cm³/mol. The summed E-state index contributed by atoms with van der Waals surface area (Å²) >= 11 is 0. The first-order chi connectivity index (χ1) is 18.9. The highest BCUT2D eigenvalue weighted by Crippen LogP contribution is 2.47. The number of hydrogen-bond acceptors (Lipinski definition) is 6. The maximum atomic E-state index is 14.4. The molecule has 2 aromatic carbocycles. The second-order valence-electron chi connectivity index (χ2n) is 10.2. The fourth-order valence-electron chi connectivity index (χ4n) is 5.86. The van der Waals surface area contributed by atoms with Crippen LogP contribution in [0.25, 0.3) is 11.8 Å². The van der Waals surface area contributed by atoms with Gasteiger partial charge in [-0.3, -0.25) is 0 Å². The van der Waals surface area contributed by atoms with Crippen molar-refractivity contribution in [3.8, 4) is 11.4 Å². The highest BCUT2D eigenvalue weighted by molar-refractivity contribution is 6.03. The van der Waals surface area contributed by atoms with Crippen LogP contribution in [0, 0.1) is 24.4 Å². The van der Waals surface area contributed by atoms with Crippen LogP contribution in [-0.4, -0.2) is 52.8 Å². The molecule has 0 bridgehead atoms. The minimum Gasteiger partial charge on any atom is -0.495 e. The minimum atomic E-state index is -1.48. The molecule has 1 aromatic heterocycles. The monoisotopic (exact) mass is 554 g/mol. The van der Waals surface area contributed by atoms with Crippen molar-refractivity contribution in [1.82, 2.24) is 14.5 Å². The largest absolute Gasteiger partial charge is 0.495 e. The van der Waals surface area contributed by atoms with E-state index in [1.54, 1.807) is 13.4 Å². The van der Waals surface area contributed by atoms with Crippen molar-refractivity contribution in [1.29, 1.82) is 0 Å². The Balaban J connectivity index is 0.00000323. The number of rotatable bonds is 4. The molecule has 1 atom stereocenters. The molecule has 0 unspecified atom stereocenters. The molecule has 0 amide bonds. The average molecular weight is 555 g/mol. The third-order valence-corrected chi connectivity index (χ3v) is 7.72. The number of imidazole rings is 1. The highest BCUT2D eigenvalue weighted by atomic mass is 19.2. The number of nitrogens with zero attached hydrogens (tertiary/aromatic N) is 4. The lowest BCUT2D eigenvalue weighted by Crippen LogP contribution is -2.57. The van der Waals surface area contributed by atoms with E-state index < -0.39 is 29.1 Å².